The molecule has 0 spiro atoms. The Balaban J connectivity index is 1.95. The average Bonchev–Trinajstić information content (AvgIpc) is 2.89. The first-order chi connectivity index (χ1) is 9.63. The Kier molecular flexibility index (Phi) is 5.11. The molecule has 1 aromatic rings. The Labute approximate surface area is 119 Å². The molecule has 4 N–H and O–H groups in total. The lowest BCUT2D eigenvalue weighted by molar-refractivity contribution is 0.0880. The van der Waals surface area contributed by atoms with Crippen LogP contribution in [0.1, 0.15) is 22.3 Å². The van der Waals surface area contributed by atoms with Gasteiger partial charge < -0.3 is 15.9 Å². The third-order valence-electron chi connectivity index (χ3n) is 3.99. The highest BCUT2D eigenvalue weighted by Crippen LogP contribution is 2.22. The van der Waals surface area contributed by atoms with E-state index in [4.69, 9.17) is 5.73 Å². The molecule has 0 saturated carbocycles. The number of hydrogen-bond donors (Lipinski definition) is 3. The molecule has 1 aliphatic rings. The Morgan fingerprint density at radius 1 is 1.40 bits per heavy atom. The minimum atomic E-state index is -0.402. The summed E-state index contributed by atoms with van der Waals surface area (Å²) in [6.07, 6.45) is 1.93. The van der Waals surface area contributed by atoms with E-state index >= 15 is 0 Å². The number of carbonyl (C=O) groups is 1. The lowest BCUT2D eigenvalue weighted by atomic mass is 9.97. The summed E-state index contributed by atoms with van der Waals surface area (Å²) in [5.74, 6) is 0.0826. The molecule has 2 rings (SSSR count). The molecule has 1 atom stereocenters. The van der Waals surface area contributed by atoms with Crippen LogP contribution in [0.25, 0.3) is 0 Å². The summed E-state index contributed by atoms with van der Waals surface area (Å²) in [5.41, 5.74) is 6.94. The van der Waals surface area contributed by atoms with Crippen molar-refractivity contribution in [1.82, 2.24) is 4.90 Å². The molecule has 1 saturated heterocycles. The van der Waals surface area contributed by atoms with Gasteiger partial charge in [-0.3, -0.25) is 9.69 Å². The standard InChI is InChI=1S/C15H22N2O3/c16-15(20)13-3-1-2-11(7-13)6-12-4-5-17(8-12)14(9-18)10-19/h1-3,7,12,14,18-19H,4-6,8-10H2,(H2,16,20). The molecule has 1 aliphatic heterocycles. The van der Waals surface area contributed by atoms with Gasteiger partial charge in [0.25, 0.3) is 0 Å². The average molecular weight is 278 g/mol. The van der Waals surface area contributed by atoms with Gasteiger partial charge in [-0.2, -0.15) is 0 Å². The molecule has 1 amide bonds. The SMILES string of the molecule is NC(=O)c1cccc(CC2CCN(C(CO)CO)C2)c1. The van der Waals surface area contributed by atoms with Crippen molar-refractivity contribution in [2.24, 2.45) is 11.7 Å². The number of likely N-dealkylation sites (tertiary alicyclic amines) is 1. The Hall–Kier alpha value is -1.43. The highest BCUT2D eigenvalue weighted by Gasteiger charge is 2.27. The van der Waals surface area contributed by atoms with Gasteiger partial charge in [0, 0.05) is 12.1 Å². The predicted octanol–water partition coefficient (Wildman–Crippen LogP) is 0.00310. The largest absolute Gasteiger partial charge is 0.395 e. The van der Waals surface area contributed by atoms with Gasteiger partial charge in [-0.25, -0.2) is 0 Å². The molecule has 1 aromatic carbocycles. The Morgan fingerprint density at radius 2 is 2.15 bits per heavy atom. The van der Waals surface area contributed by atoms with Crippen LogP contribution in [0.4, 0.5) is 0 Å². The van der Waals surface area contributed by atoms with E-state index in [0.717, 1.165) is 31.5 Å². The van der Waals surface area contributed by atoms with Gasteiger partial charge in [0.15, 0.2) is 0 Å². The quantitative estimate of drug-likeness (QED) is 0.684. The zero-order valence-electron chi connectivity index (χ0n) is 11.5. The van der Waals surface area contributed by atoms with Gasteiger partial charge in [0.1, 0.15) is 0 Å². The molecule has 0 aliphatic carbocycles. The van der Waals surface area contributed by atoms with Crippen molar-refractivity contribution in [3.05, 3.63) is 35.4 Å². The first-order valence-electron chi connectivity index (χ1n) is 6.98. The predicted molar refractivity (Wildman–Crippen MR) is 76.3 cm³/mol. The zero-order chi connectivity index (χ0) is 14.5. The number of rotatable bonds is 6. The van der Waals surface area contributed by atoms with E-state index in [1.54, 1.807) is 6.07 Å². The van der Waals surface area contributed by atoms with Crippen molar-refractivity contribution in [2.45, 2.75) is 18.9 Å². The van der Waals surface area contributed by atoms with Gasteiger partial charge in [0.2, 0.25) is 5.91 Å². The van der Waals surface area contributed by atoms with Gasteiger partial charge in [-0.15, -0.1) is 0 Å². The molecule has 0 radical (unpaired) electrons. The van der Waals surface area contributed by atoms with E-state index in [2.05, 4.69) is 4.90 Å². The maximum absolute atomic E-state index is 11.2. The monoisotopic (exact) mass is 278 g/mol. The third-order valence-corrected chi connectivity index (χ3v) is 3.99. The minimum Gasteiger partial charge on any atom is -0.395 e. The number of hydrogen-bond acceptors (Lipinski definition) is 4. The van der Waals surface area contributed by atoms with Crippen molar-refractivity contribution < 1.29 is 15.0 Å². The van der Waals surface area contributed by atoms with Crippen LogP contribution in [0.3, 0.4) is 0 Å². The normalized spacial score (nSPS) is 19.6. The number of carbonyl (C=O) groups excluding carboxylic acids is 1. The van der Waals surface area contributed by atoms with Crippen molar-refractivity contribution in [1.29, 1.82) is 0 Å². The molecular weight excluding hydrogens is 256 g/mol. The van der Waals surface area contributed by atoms with Crippen LogP contribution in [0.5, 0.6) is 0 Å². The number of nitrogens with zero attached hydrogens (tertiary/aromatic N) is 1. The highest BCUT2D eigenvalue weighted by atomic mass is 16.3. The summed E-state index contributed by atoms with van der Waals surface area (Å²) < 4.78 is 0. The summed E-state index contributed by atoms with van der Waals surface area (Å²) in [6.45, 7) is 1.74. The van der Waals surface area contributed by atoms with E-state index < -0.39 is 5.91 Å². The van der Waals surface area contributed by atoms with E-state index in [-0.39, 0.29) is 19.3 Å². The van der Waals surface area contributed by atoms with Crippen LogP contribution in [-0.2, 0) is 6.42 Å². The van der Waals surface area contributed by atoms with E-state index in [0.29, 0.717) is 11.5 Å². The number of amides is 1. The number of aliphatic hydroxyl groups is 2. The fourth-order valence-corrected chi connectivity index (χ4v) is 2.83. The molecule has 1 unspecified atom stereocenters. The summed E-state index contributed by atoms with van der Waals surface area (Å²) in [5, 5.41) is 18.4. The molecule has 5 heteroatoms. The van der Waals surface area contributed by atoms with E-state index in [1.807, 2.05) is 18.2 Å². The van der Waals surface area contributed by atoms with Crippen LogP contribution < -0.4 is 5.73 Å². The topological polar surface area (TPSA) is 86.8 Å². The second-order valence-electron chi connectivity index (χ2n) is 5.44. The second-order valence-corrected chi connectivity index (χ2v) is 5.44. The fraction of sp³-hybridized carbons (Fsp3) is 0.533. The van der Waals surface area contributed by atoms with E-state index in [1.165, 1.54) is 0 Å². The van der Waals surface area contributed by atoms with Gasteiger partial charge in [-0.1, -0.05) is 12.1 Å². The number of primary amides is 1. The summed E-state index contributed by atoms with van der Waals surface area (Å²) in [6, 6.07) is 7.27. The van der Waals surface area contributed by atoms with Crippen molar-refractivity contribution in [2.75, 3.05) is 26.3 Å². The van der Waals surface area contributed by atoms with Gasteiger partial charge in [-0.05, 0) is 43.0 Å². The van der Waals surface area contributed by atoms with Crippen LogP contribution in [0.15, 0.2) is 24.3 Å². The van der Waals surface area contributed by atoms with Crippen LogP contribution in [-0.4, -0.2) is 53.4 Å². The molecule has 0 bridgehead atoms. The smallest absolute Gasteiger partial charge is 0.248 e. The van der Waals surface area contributed by atoms with E-state index in [9.17, 15) is 15.0 Å². The van der Waals surface area contributed by atoms with Crippen molar-refractivity contribution in [3.63, 3.8) is 0 Å². The molecule has 1 heterocycles. The molecule has 1 fully saturated rings. The van der Waals surface area contributed by atoms with Crippen LogP contribution in [0, 0.1) is 5.92 Å². The molecule has 0 aromatic heterocycles. The summed E-state index contributed by atoms with van der Waals surface area (Å²) >= 11 is 0. The second kappa shape index (κ2) is 6.83. The summed E-state index contributed by atoms with van der Waals surface area (Å²) in [4.78, 5) is 13.3. The highest BCUT2D eigenvalue weighted by molar-refractivity contribution is 5.92. The van der Waals surface area contributed by atoms with Gasteiger partial charge >= 0.3 is 0 Å². The first kappa shape index (κ1) is 15.0. The fourth-order valence-electron chi connectivity index (χ4n) is 2.83. The first-order valence-corrected chi connectivity index (χ1v) is 6.98. The minimum absolute atomic E-state index is 0.0135. The summed E-state index contributed by atoms with van der Waals surface area (Å²) in [7, 11) is 0. The maximum atomic E-state index is 11.2. The molecule has 110 valence electrons. The Morgan fingerprint density at radius 3 is 2.80 bits per heavy atom. The third kappa shape index (κ3) is 3.56. The molecular formula is C15H22N2O3. The molecule has 20 heavy (non-hydrogen) atoms. The lowest BCUT2D eigenvalue weighted by Gasteiger charge is -2.24. The van der Waals surface area contributed by atoms with Crippen LogP contribution >= 0.6 is 0 Å². The number of nitrogens with two attached hydrogens (primary N) is 1. The zero-order valence-corrected chi connectivity index (χ0v) is 11.5. The number of aliphatic hydroxyl groups excluding tert-OH is 2. The van der Waals surface area contributed by atoms with Crippen molar-refractivity contribution in [3.8, 4) is 0 Å². The van der Waals surface area contributed by atoms with Gasteiger partial charge in [0.05, 0.1) is 19.3 Å². The van der Waals surface area contributed by atoms with Crippen molar-refractivity contribution >= 4 is 5.91 Å². The number of benzene rings is 1. The molecule has 5 nitrogen and oxygen atoms in total. The van der Waals surface area contributed by atoms with Crippen LogP contribution in [0.2, 0.25) is 0 Å². The maximum Gasteiger partial charge on any atom is 0.248 e. The lowest BCUT2D eigenvalue weighted by Crippen LogP contribution is -2.39. The Bertz CT molecular complexity index is 460.